The first-order chi connectivity index (χ1) is 9.63. The van der Waals surface area contributed by atoms with Crippen LogP contribution in [0.1, 0.15) is 34.8 Å². The minimum absolute atomic E-state index is 0.547. The SMILES string of the molecule is Nc1cc(Cl)ccc1C(O)Cc1ccc2c(c1)CCC2. The Morgan fingerprint density at radius 2 is 1.90 bits per heavy atom. The van der Waals surface area contributed by atoms with Gasteiger partial charge in [0.25, 0.3) is 0 Å². The summed E-state index contributed by atoms with van der Waals surface area (Å²) in [6.07, 6.45) is 3.57. The van der Waals surface area contributed by atoms with Gasteiger partial charge in [-0.25, -0.2) is 0 Å². The van der Waals surface area contributed by atoms with Gasteiger partial charge in [-0.05, 0) is 48.1 Å². The number of aliphatic hydroxyl groups is 1. The molecule has 3 rings (SSSR count). The lowest BCUT2D eigenvalue weighted by molar-refractivity contribution is 0.179. The fourth-order valence-corrected chi connectivity index (χ4v) is 3.11. The topological polar surface area (TPSA) is 46.2 Å². The molecule has 0 saturated heterocycles. The number of nitrogens with two attached hydrogens (primary N) is 1. The molecule has 1 aliphatic carbocycles. The Morgan fingerprint density at radius 3 is 2.70 bits per heavy atom. The summed E-state index contributed by atoms with van der Waals surface area (Å²) in [6, 6.07) is 11.8. The standard InChI is InChI=1S/C17H18ClNO/c18-14-6-7-15(16(19)10-14)17(20)9-11-4-5-12-2-1-3-13(12)8-11/h4-8,10,17,20H,1-3,9,19H2. The molecule has 0 fully saturated rings. The third-order valence-corrected chi connectivity index (χ3v) is 4.23. The third-order valence-electron chi connectivity index (χ3n) is 4.00. The molecule has 3 heteroatoms. The number of hydrogen-bond donors (Lipinski definition) is 2. The molecule has 2 aromatic carbocycles. The Balaban J connectivity index is 1.80. The number of hydrogen-bond acceptors (Lipinski definition) is 2. The molecule has 0 bridgehead atoms. The molecule has 0 spiro atoms. The van der Waals surface area contributed by atoms with Crippen LogP contribution in [0, 0.1) is 0 Å². The largest absolute Gasteiger partial charge is 0.398 e. The van der Waals surface area contributed by atoms with E-state index >= 15 is 0 Å². The summed E-state index contributed by atoms with van der Waals surface area (Å²) in [6.45, 7) is 0. The van der Waals surface area contributed by atoms with E-state index in [1.54, 1.807) is 18.2 Å². The van der Waals surface area contributed by atoms with Crippen molar-refractivity contribution in [3.8, 4) is 0 Å². The number of halogens is 1. The predicted molar refractivity (Wildman–Crippen MR) is 83.0 cm³/mol. The van der Waals surface area contributed by atoms with E-state index in [1.807, 2.05) is 0 Å². The van der Waals surface area contributed by atoms with Gasteiger partial charge in [-0.3, -0.25) is 0 Å². The molecule has 0 heterocycles. The fraction of sp³-hybridized carbons (Fsp3) is 0.294. The molecule has 2 nitrogen and oxygen atoms in total. The summed E-state index contributed by atoms with van der Waals surface area (Å²) < 4.78 is 0. The Bertz CT molecular complexity index is 639. The number of rotatable bonds is 3. The van der Waals surface area contributed by atoms with Gasteiger partial charge in [-0.15, -0.1) is 0 Å². The highest BCUT2D eigenvalue weighted by molar-refractivity contribution is 6.30. The van der Waals surface area contributed by atoms with E-state index < -0.39 is 6.10 Å². The highest BCUT2D eigenvalue weighted by Gasteiger charge is 2.15. The zero-order valence-corrected chi connectivity index (χ0v) is 12.0. The van der Waals surface area contributed by atoms with Gasteiger partial charge in [-0.2, -0.15) is 0 Å². The van der Waals surface area contributed by atoms with Crippen LogP contribution in [0.15, 0.2) is 36.4 Å². The number of fused-ring (bicyclic) bond motifs is 1. The molecule has 0 aromatic heterocycles. The van der Waals surface area contributed by atoms with E-state index in [0.29, 0.717) is 17.1 Å². The van der Waals surface area contributed by atoms with Gasteiger partial charge < -0.3 is 10.8 Å². The van der Waals surface area contributed by atoms with Crippen LogP contribution in [0.3, 0.4) is 0 Å². The van der Waals surface area contributed by atoms with Gasteiger partial charge in [0.2, 0.25) is 0 Å². The first-order valence-corrected chi connectivity index (χ1v) is 7.35. The van der Waals surface area contributed by atoms with Crippen LogP contribution < -0.4 is 5.73 Å². The lowest BCUT2D eigenvalue weighted by atomic mass is 9.97. The van der Waals surface area contributed by atoms with Crippen LogP contribution in [0.4, 0.5) is 5.69 Å². The maximum Gasteiger partial charge on any atom is 0.0850 e. The van der Waals surface area contributed by atoms with Crippen molar-refractivity contribution in [2.24, 2.45) is 0 Å². The monoisotopic (exact) mass is 287 g/mol. The van der Waals surface area contributed by atoms with E-state index in [4.69, 9.17) is 17.3 Å². The molecule has 2 aromatic rings. The molecule has 1 aliphatic rings. The lowest BCUT2D eigenvalue weighted by Gasteiger charge is -2.14. The van der Waals surface area contributed by atoms with E-state index in [9.17, 15) is 5.11 Å². The molecule has 0 amide bonds. The van der Waals surface area contributed by atoms with E-state index in [2.05, 4.69) is 18.2 Å². The second kappa shape index (κ2) is 5.47. The van der Waals surface area contributed by atoms with Crippen molar-refractivity contribution in [3.05, 3.63) is 63.7 Å². The normalized spacial score (nSPS) is 15.1. The molecule has 20 heavy (non-hydrogen) atoms. The van der Waals surface area contributed by atoms with E-state index in [0.717, 1.165) is 17.5 Å². The average molecular weight is 288 g/mol. The number of anilines is 1. The van der Waals surface area contributed by atoms with Gasteiger partial charge in [0.05, 0.1) is 6.10 Å². The van der Waals surface area contributed by atoms with Crippen LogP contribution in [-0.4, -0.2) is 5.11 Å². The minimum atomic E-state index is -0.591. The van der Waals surface area contributed by atoms with Crippen molar-refractivity contribution in [3.63, 3.8) is 0 Å². The number of benzene rings is 2. The van der Waals surface area contributed by atoms with Crippen molar-refractivity contribution in [1.29, 1.82) is 0 Å². The summed E-state index contributed by atoms with van der Waals surface area (Å²) in [5, 5.41) is 11.0. The Labute approximate surface area is 124 Å². The van der Waals surface area contributed by atoms with Gasteiger partial charge >= 0.3 is 0 Å². The summed E-state index contributed by atoms with van der Waals surface area (Å²) in [7, 11) is 0. The molecule has 0 radical (unpaired) electrons. The molecule has 1 unspecified atom stereocenters. The van der Waals surface area contributed by atoms with Crippen molar-refractivity contribution in [2.45, 2.75) is 31.8 Å². The number of nitrogen functional groups attached to an aromatic ring is 1. The Hall–Kier alpha value is -1.51. The first-order valence-electron chi connectivity index (χ1n) is 6.97. The van der Waals surface area contributed by atoms with Gasteiger partial charge in [0, 0.05) is 22.7 Å². The predicted octanol–water partition coefficient (Wildman–Crippen LogP) is 3.69. The van der Waals surface area contributed by atoms with Gasteiger partial charge in [0.15, 0.2) is 0 Å². The first kappa shape index (κ1) is 13.5. The Morgan fingerprint density at radius 1 is 1.10 bits per heavy atom. The lowest BCUT2D eigenvalue weighted by Crippen LogP contribution is -2.05. The van der Waals surface area contributed by atoms with Crippen LogP contribution in [0.25, 0.3) is 0 Å². The second-order valence-corrected chi connectivity index (χ2v) is 5.89. The smallest absolute Gasteiger partial charge is 0.0850 e. The molecular formula is C17H18ClNO. The van der Waals surface area contributed by atoms with Crippen molar-refractivity contribution >= 4 is 17.3 Å². The molecule has 0 saturated carbocycles. The zero-order chi connectivity index (χ0) is 14.1. The number of aliphatic hydroxyl groups excluding tert-OH is 1. The quantitative estimate of drug-likeness (QED) is 0.846. The maximum atomic E-state index is 10.4. The highest BCUT2D eigenvalue weighted by Crippen LogP contribution is 2.28. The third kappa shape index (κ3) is 2.67. The molecular weight excluding hydrogens is 270 g/mol. The van der Waals surface area contributed by atoms with Gasteiger partial charge in [-0.1, -0.05) is 35.9 Å². The maximum absolute atomic E-state index is 10.4. The second-order valence-electron chi connectivity index (χ2n) is 5.45. The fourth-order valence-electron chi connectivity index (χ4n) is 2.93. The number of aryl methyl sites for hydroxylation is 2. The average Bonchev–Trinajstić information content (AvgIpc) is 2.85. The zero-order valence-electron chi connectivity index (χ0n) is 11.3. The molecule has 3 N–H and O–H groups in total. The van der Waals surface area contributed by atoms with Crippen LogP contribution in [-0.2, 0) is 19.3 Å². The highest BCUT2D eigenvalue weighted by atomic mass is 35.5. The van der Waals surface area contributed by atoms with Gasteiger partial charge in [0.1, 0.15) is 0 Å². The summed E-state index contributed by atoms with van der Waals surface area (Å²) >= 11 is 5.88. The van der Waals surface area contributed by atoms with Crippen molar-refractivity contribution in [1.82, 2.24) is 0 Å². The summed E-state index contributed by atoms with van der Waals surface area (Å²) in [4.78, 5) is 0. The Kier molecular flexibility index (Phi) is 3.68. The minimum Gasteiger partial charge on any atom is -0.398 e. The van der Waals surface area contributed by atoms with Crippen LogP contribution in [0.2, 0.25) is 5.02 Å². The van der Waals surface area contributed by atoms with Crippen LogP contribution in [0.5, 0.6) is 0 Å². The van der Waals surface area contributed by atoms with E-state index in [-0.39, 0.29) is 0 Å². The molecule has 0 aliphatic heterocycles. The van der Waals surface area contributed by atoms with Crippen LogP contribution >= 0.6 is 11.6 Å². The van der Waals surface area contributed by atoms with E-state index in [1.165, 1.54) is 24.0 Å². The summed E-state index contributed by atoms with van der Waals surface area (Å²) in [5.74, 6) is 0. The van der Waals surface area contributed by atoms with Crippen molar-refractivity contribution < 1.29 is 5.11 Å². The molecule has 1 atom stereocenters. The molecule has 104 valence electrons. The summed E-state index contributed by atoms with van der Waals surface area (Å²) in [5.41, 5.74) is 11.3. The van der Waals surface area contributed by atoms with Crippen molar-refractivity contribution in [2.75, 3.05) is 5.73 Å².